The third-order valence-electron chi connectivity index (χ3n) is 3.81. The van der Waals surface area contributed by atoms with Crippen molar-refractivity contribution in [1.82, 2.24) is 10.3 Å². The summed E-state index contributed by atoms with van der Waals surface area (Å²) in [6.07, 6.45) is 0. The second-order valence-corrected chi connectivity index (χ2v) is 6.63. The van der Waals surface area contributed by atoms with Crippen molar-refractivity contribution in [3.63, 3.8) is 0 Å². The zero-order valence-corrected chi connectivity index (χ0v) is 15.4. The highest BCUT2D eigenvalue weighted by Gasteiger charge is 2.09. The van der Waals surface area contributed by atoms with Crippen LogP contribution in [0, 0.1) is 17.0 Å². The Balaban J connectivity index is 1.49. The van der Waals surface area contributed by atoms with E-state index in [0.29, 0.717) is 12.3 Å². The molecule has 2 aromatic carbocycles. The molecule has 1 amide bonds. The number of nitro benzene ring substituents is 1. The first kappa shape index (κ1) is 18.5. The lowest BCUT2D eigenvalue weighted by atomic mass is 10.1. The summed E-state index contributed by atoms with van der Waals surface area (Å²) in [6.45, 7) is 2.17. The van der Waals surface area contributed by atoms with Crippen molar-refractivity contribution in [3.8, 4) is 16.3 Å². The summed E-state index contributed by atoms with van der Waals surface area (Å²) < 4.78 is 5.33. The predicted molar refractivity (Wildman–Crippen MR) is 103 cm³/mol. The lowest BCUT2D eigenvalue weighted by Gasteiger charge is -2.06. The number of benzene rings is 2. The summed E-state index contributed by atoms with van der Waals surface area (Å²) in [7, 11) is 0. The van der Waals surface area contributed by atoms with Crippen LogP contribution in [0.4, 0.5) is 5.69 Å². The number of non-ortho nitro benzene ring substituents is 1. The minimum absolute atomic E-state index is 0.0280. The molecule has 0 aliphatic carbocycles. The first-order valence-corrected chi connectivity index (χ1v) is 9.05. The SMILES string of the molecule is Cc1ccccc1-c1nc(CNC(=O)COc2ccc([N+](=O)[O-])cc2)cs1. The molecule has 138 valence electrons. The quantitative estimate of drug-likeness (QED) is 0.496. The number of hydrogen-bond acceptors (Lipinski definition) is 6. The number of nitrogens with one attached hydrogen (secondary N) is 1. The third kappa shape index (κ3) is 4.89. The maximum absolute atomic E-state index is 11.9. The number of aromatic nitrogens is 1. The molecule has 0 saturated heterocycles. The van der Waals surface area contributed by atoms with Gasteiger partial charge in [-0.25, -0.2) is 4.98 Å². The van der Waals surface area contributed by atoms with E-state index in [0.717, 1.165) is 21.8 Å². The predicted octanol–water partition coefficient (Wildman–Crippen LogP) is 3.72. The van der Waals surface area contributed by atoms with Crippen molar-refractivity contribution in [2.45, 2.75) is 13.5 Å². The van der Waals surface area contributed by atoms with Crippen LogP contribution in [0.1, 0.15) is 11.3 Å². The van der Waals surface area contributed by atoms with Crippen LogP contribution in [0.3, 0.4) is 0 Å². The standard InChI is InChI=1S/C19H17N3O4S/c1-13-4-2-3-5-17(13)19-21-14(12-27-19)10-20-18(23)11-26-16-8-6-15(7-9-16)22(24)25/h2-9,12H,10-11H2,1H3,(H,20,23). The van der Waals surface area contributed by atoms with Gasteiger partial charge in [-0.05, 0) is 24.6 Å². The van der Waals surface area contributed by atoms with Crippen molar-refractivity contribution in [2.75, 3.05) is 6.61 Å². The van der Waals surface area contributed by atoms with Crippen molar-refractivity contribution in [1.29, 1.82) is 0 Å². The van der Waals surface area contributed by atoms with E-state index in [1.165, 1.54) is 35.6 Å². The molecule has 0 saturated carbocycles. The molecule has 0 spiro atoms. The number of rotatable bonds is 7. The molecule has 8 heteroatoms. The van der Waals surface area contributed by atoms with Gasteiger partial charge in [0.1, 0.15) is 10.8 Å². The highest BCUT2D eigenvalue weighted by Crippen LogP contribution is 2.26. The van der Waals surface area contributed by atoms with Crippen LogP contribution in [-0.2, 0) is 11.3 Å². The summed E-state index contributed by atoms with van der Waals surface area (Å²) in [5.74, 6) is 0.102. The lowest BCUT2D eigenvalue weighted by Crippen LogP contribution is -2.28. The van der Waals surface area contributed by atoms with Crippen LogP contribution in [0.2, 0.25) is 0 Å². The number of thiazole rings is 1. The highest BCUT2D eigenvalue weighted by molar-refractivity contribution is 7.13. The molecule has 0 aliphatic heterocycles. The second-order valence-electron chi connectivity index (χ2n) is 5.78. The van der Waals surface area contributed by atoms with E-state index in [9.17, 15) is 14.9 Å². The van der Waals surface area contributed by atoms with Gasteiger partial charge in [0.25, 0.3) is 11.6 Å². The summed E-state index contributed by atoms with van der Waals surface area (Å²) in [6, 6.07) is 13.6. The maximum Gasteiger partial charge on any atom is 0.269 e. The molecule has 0 atom stereocenters. The zero-order chi connectivity index (χ0) is 19.2. The Morgan fingerprint density at radius 2 is 1.96 bits per heavy atom. The van der Waals surface area contributed by atoms with Gasteiger partial charge in [-0.1, -0.05) is 24.3 Å². The maximum atomic E-state index is 11.9. The van der Waals surface area contributed by atoms with Crippen molar-refractivity contribution in [3.05, 3.63) is 75.3 Å². The molecule has 7 nitrogen and oxygen atoms in total. The summed E-state index contributed by atoms with van der Waals surface area (Å²) in [5, 5.41) is 16.2. The summed E-state index contributed by atoms with van der Waals surface area (Å²) >= 11 is 1.53. The van der Waals surface area contributed by atoms with Crippen molar-refractivity contribution in [2.24, 2.45) is 0 Å². The van der Waals surface area contributed by atoms with E-state index in [-0.39, 0.29) is 18.2 Å². The van der Waals surface area contributed by atoms with Crippen molar-refractivity contribution >= 4 is 22.9 Å². The molecular formula is C19H17N3O4S. The van der Waals surface area contributed by atoms with E-state index >= 15 is 0 Å². The number of ether oxygens (including phenoxy) is 1. The normalized spacial score (nSPS) is 10.4. The Morgan fingerprint density at radius 3 is 2.67 bits per heavy atom. The lowest BCUT2D eigenvalue weighted by molar-refractivity contribution is -0.384. The van der Waals surface area contributed by atoms with Gasteiger partial charge in [-0.3, -0.25) is 14.9 Å². The van der Waals surface area contributed by atoms with Gasteiger partial charge in [0, 0.05) is 23.1 Å². The van der Waals surface area contributed by atoms with Crippen LogP contribution in [0.15, 0.2) is 53.9 Å². The average molecular weight is 383 g/mol. The van der Waals surface area contributed by atoms with Crippen LogP contribution < -0.4 is 10.1 Å². The van der Waals surface area contributed by atoms with Crippen LogP contribution in [0.25, 0.3) is 10.6 Å². The van der Waals surface area contributed by atoms with E-state index in [1.54, 1.807) is 0 Å². The van der Waals surface area contributed by atoms with Crippen molar-refractivity contribution < 1.29 is 14.5 Å². The van der Waals surface area contributed by atoms with E-state index in [2.05, 4.69) is 10.3 Å². The van der Waals surface area contributed by atoms with Gasteiger partial charge < -0.3 is 10.1 Å². The Morgan fingerprint density at radius 1 is 1.22 bits per heavy atom. The molecule has 3 rings (SSSR count). The van der Waals surface area contributed by atoms with Crippen LogP contribution in [0.5, 0.6) is 5.75 Å². The molecule has 0 radical (unpaired) electrons. The molecule has 0 unspecified atom stereocenters. The van der Waals surface area contributed by atoms with Gasteiger partial charge >= 0.3 is 0 Å². The molecule has 1 N–H and O–H groups in total. The number of amides is 1. The fourth-order valence-electron chi connectivity index (χ4n) is 2.38. The van der Waals surface area contributed by atoms with E-state index < -0.39 is 4.92 Å². The molecular weight excluding hydrogens is 366 g/mol. The average Bonchev–Trinajstić information content (AvgIpc) is 3.14. The largest absolute Gasteiger partial charge is 0.484 e. The van der Waals surface area contributed by atoms with Gasteiger partial charge in [-0.2, -0.15) is 0 Å². The second kappa shape index (κ2) is 8.41. The number of nitrogens with zero attached hydrogens (tertiary/aromatic N) is 2. The minimum Gasteiger partial charge on any atom is -0.484 e. The topological polar surface area (TPSA) is 94.4 Å². The van der Waals surface area contributed by atoms with Gasteiger partial charge in [0.2, 0.25) is 0 Å². The Bertz CT molecular complexity index is 954. The minimum atomic E-state index is -0.491. The smallest absolute Gasteiger partial charge is 0.269 e. The highest BCUT2D eigenvalue weighted by atomic mass is 32.1. The van der Waals surface area contributed by atoms with Gasteiger partial charge in [0.15, 0.2) is 6.61 Å². The molecule has 27 heavy (non-hydrogen) atoms. The fourth-order valence-corrected chi connectivity index (χ4v) is 3.29. The Kier molecular flexibility index (Phi) is 5.77. The molecule has 3 aromatic rings. The summed E-state index contributed by atoms with van der Waals surface area (Å²) in [4.78, 5) is 26.6. The third-order valence-corrected chi connectivity index (χ3v) is 4.74. The monoisotopic (exact) mass is 383 g/mol. The molecule has 0 fully saturated rings. The first-order chi connectivity index (χ1) is 13.0. The number of aryl methyl sites for hydroxylation is 1. The summed E-state index contributed by atoms with van der Waals surface area (Å²) in [5.41, 5.74) is 2.99. The number of carbonyl (C=O) groups is 1. The Labute approximate surface area is 159 Å². The first-order valence-electron chi connectivity index (χ1n) is 8.17. The number of nitro groups is 1. The van der Waals surface area contributed by atoms with Crippen LogP contribution in [-0.4, -0.2) is 22.4 Å². The number of hydrogen-bond donors (Lipinski definition) is 1. The Hall–Kier alpha value is -3.26. The van der Waals surface area contributed by atoms with Crippen LogP contribution >= 0.6 is 11.3 Å². The number of carbonyl (C=O) groups excluding carboxylic acids is 1. The van der Waals surface area contributed by atoms with E-state index in [4.69, 9.17) is 4.74 Å². The fraction of sp³-hybridized carbons (Fsp3) is 0.158. The molecule has 0 aliphatic rings. The molecule has 1 aromatic heterocycles. The van der Waals surface area contributed by atoms with E-state index in [1.807, 2.05) is 36.6 Å². The molecule has 1 heterocycles. The molecule has 0 bridgehead atoms. The zero-order valence-electron chi connectivity index (χ0n) is 14.5. The van der Waals surface area contributed by atoms with Gasteiger partial charge in [0.05, 0.1) is 17.2 Å². The van der Waals surface area contributed by atoms with Gasteiger partial charge in [-0.15, -0.1) is 11.3 Å².